The number of aromatic carboxylic acids is 1. The van der Waals surface area contributed by atoms with Gasteiger partial charge in [-0.25, -0.2) is 4.79 Å². The molecule has 0 aliphatic carbocycles. The van der Waals surface area contributed by atoms with Crippen LogP contribution < -0.4 is 4.74 Å². The number of carboxylic acids is 1. The molecular weight excluding hydrogens is 254 g/mol. The van der Waals surface area contributed by atoms with Crippen LogP contribution in [0, 0.1) is 6.92 Å². The van der Waals surface area contributed by atoms with E-state index in [0.717, 1.165) is 17.5 Å². The Morgan fingerprint density at radius 2 is 2.10 bits per heavy atom. The number of rotatable bonds is 5. The van der Waals surface area contributed by atoms with Crippen LogP contribution in [0.3, 0.4) is 0 Å². The fourth-order valence-corrected chi connectivity index (χ4v) is 1.95. The Morgan fingerprint density at radius 1 is 1.30 bits per heavy atom. The Labute approximate surface area is 118 Å². The maximum atomic E-state index is 11.4. The smallest absolute Gasteiger partial charge is 0.336 e. The summed E-state index contributed by atoms with van der Waals surface area (Å²) in [6, 6.07) is 7.18. The second-order valence-electron chi connectivity index (χ2n) is 4.61. The van der Waals surface area contributed by atoms with Crippen LogP contribution >= 0.6 is 0 Å². The summed E-state index contributed by atoms with van der Waals surface area (Å²) in [6.45, 7) is 4.51. The number of pyridine rings is 1. The van der Waals surface area contributed by atoms with Crippen molar-refractivity contribution in [2.24, 2.45) is 0 Å². The quantitative estimate of drug-likeness (QED) is 0.903. The molecule has 0 radical (unpaired) electrons. The number of carboxylic acid groups (broad SMARTS) is 1. The molecule has 0 unspecified atom stereocenters. The Kier molecular flexibility index (Phi) is 4.35. The monoisotopic (exact) mass is 271 g/mol. The van der Waals surface area contributed by atoms with Crippen molar-refractivity contribution in [2.45, 2.75) is 20.3 Å². The molecule has 0 saturated heterocycles. The molecule has 1 aromatic carbocycles. The lowest BCUT2D eigenvalue weighted by Crippen LogP contribution is -2.01. The van der Waals surface area contributed by atoms with Gasteiger partial charge in [-0.15, -0.1) is 0 Å². The maximum Gasteiger partial charge on any atom is 0.336 e. The summed E-state index contributed by atoms with van der Waals surface area (Å²) in [5.74, 6) is -0.287. The molecule has 2 aromatic rings. The third kappa shape index (κ3) is 3.15. The van der Waals surface area contributed by atoms with E-state index in [4.69, 9.17) is 4.74 Å². The second-order valence-corrected chi connectivity index (χ2v) is 4.61. The number of hydrogen-bond acceptors (Lipinski definition) is 3. The molecule has 4 heteroatoms. The van der Waals surface area contributed by atoms with Gasteiger partial charge in [0.25, 0.3) is 0 Å². The number of ether oxygens (including phenoxy) is 1. The van der Waals surface area contributed by atoms with Gasteiger partial charge in [-0.1, -0.05) is 24.6 Å². The molecule has 0 atom stereocenters. The van der Waals surface area contributed by atoms with Crippen molar-refractivity contribution < 1.29 is 14.6 Å². The van der Waals surface area contributed by atoms with Gasteiger partial charge in [0, 0.05) is 11.8 Å². The van der Waals surface area contributed by atoms with Gasteiger partial charge < -0.3 is 9.84 Å². The minimum Gasteiger partial charge on any atom is -0.492 e. The summed E-state index contributed by atoms with van der Waals surface area (Å²) < 4.78 is 5.53. The lowest BCUT2D eigenvalue weighted by atomic mass is 9.99. The third-order valence-electron chi connectivity index (χ3n) is 2.90. The molecule has 4 nitrogen and oxygen atoms in total. The zero-order valence-electron chi connectivity index (χ0n) is 11.6. The van der Waals surface area contributed by atoms with E-state index < -0.39 is 5.97 Å². The Hall–Kier alpha value is -2.36. The van der Waals surface area contributed by atoms with Crippen LogP contribution in [-0.4, -0.2) is 22.7 Å². The molecule has 1 aromatic heterocycles. The van der Waals surface area contributed by atoms with Gasteiger partial charge in [0.2, 0.25) is 0 Å². The highest BCUT2D eigenvalue weighted by molar-refractivity contribution is 5.96. The fourth-order valence-electron chi connectivity index (χ4n) is 1.95. The summed E-state index contributed by atoms with van der Waals surface area (Å²) in [4.78, 5) is 15.5. The van der Waals surface area contributed by atoms with Crippen molar-refractivity contribution in [3.63, 3.8) is 0 Å². The van der Waals surface area contributed by atoms with Crippen LogP contribution in [0.5, 0.6) is 5.75 Å². The summed E-state index contributed by atoms with van der Waals surface area (Å²) in [7, 11) is 0. The van der Waals surface area contributed by atoms with Gasteiger partial charge >= 0.3 is 5.97 Å². The van der Waals surface area contributed by atoms with Crippen LogP contribution in [0.15, 0.2) is 36.7 Å². The molecule has 1 N–H and O–H groups in total. The minimum absolute atomic E-state index is 0.277. The lowest BCUT2D eigenvalue weighted by Gasteiger charge is -2.09. The second kappa shape index (κ2) is 6.19. The number of hydrogen-bond donors (Lipinski definition) is 1. The molecule has 2 rings (SSSR count). The molecule has 1 heterocycles. The topological polar surface area (TPSA) is 59.4 Å². The van der Waals surface area contributed by atoms with Crippen molar-refractivity contribution in [1.29, 1.82) is 0 Å². The van der Waals surface area contributed by atoms with E-state index in [2.05, 4.69) is 4.98 Å². The predicted octanol–water partition coefficient (Wildman–Crippen LogP) is 3.54. The summed E-state index contributed by atoms with van der Waals surface area (Å²) >= 11 is 0. The van der Waals surface area contributed by atoms with Crippen LogP contribution in [0.25, 0.3) is 11.1 Å². The Balaban J connectivity index is 2.43. The first-order chi connectivity index (χ1) is 9.61. The van der Waals surface area contributed by atoms with Crippen molar-refractivity contribution in [2.75, 3.05) is 6.61 Å². The van der Waals surface area contributed by atoms with Crippen molar-refractivity contribution in [3.8, 4) is 16.9 Å². The molecule has 0 amide bonds. The van der Waals surface area contributed by atoms with Gasteiger partial charge in [-0.05, 0) is 31.0 Å². The molecule has 0 fully saturated rings. The minimum atomic E-state index is -0.941. The summed E-state index contributed by atoms with van der Waals surface area (Å²) in [6.07, 6.45) is 4.19. The van der Waals surface area contributed by atoms with E-state index in [0.29, 0.717) is 17.9 Å². The first-order valence-electron chi connectivity index (χ1n) is 6.54. The standard InChI is InChI=1S/C16H17NO3/c1-3-6-20-13-8-12(9-17-10-13)14-5-4-11(2)7-15(14)16(18)19/h4-5,7-10H,3,6H2,1-2H3,(H,18,19). The molecule has 104 valence electrons. The fraction of sp³-hybridized carbons (Fsp3) is 0.250. The van der Waals surface area contributed by atoms with Crippen LogP contribution in [0.2, 0.25) is 0 Å². The molecule has 20 heavy (non-hydrogen) atoms. The first-order valence-corrected chi connectivity index (χ1v) is 6.54. The SMILES string of the molecule is CCCOc1cncc(-c2ccc(C)cc2C(=O)O)c1. The highest BCUT2D eigenvalue weighted by Gasteiger charge is 2.12. The maximum absolute atomic E-state index is 11.4. The van der Waals surface area contributed by atoms with Gasteiger partial charge in [0.05, 0.1) is 18.4 Å². The highest BCUT2D eigenvalue weighted by Crippen LogP contribution is 2.27. The third-order valence-corrected chi connectivity index (χ3v) is 2.90. The van der Waals surface area contributed by atoms with Crippen molar-refractivity contribution in [1.82, 2.24) is 4.98 Å². The molecule has 0 saturated carbocycles. The van der Waals surface area contributed by atoms with Crippen LogP contribution in [-0.2, 0) is 0 Å². The van der Waals surface area contributed by atoms with Gasteiger partial charge in [-0.2, -0.15) is 0 Å². The normalized spacial score (nSPS) is 10.3. The highest BCUT2D eigenvalue weighted by atomic mass is 16.5. The average Bonchev–Trinajstić information content (AvgIpc) is 2.45. The number of aromatic nitrogens is 1. The molecular formula is C16H17NO3. The first kappa shape index (κ1) is 14.1. The van der Waals surface area contributed by atoms with Crippen molar-refractivity contribution >= 4 is 5.97 Å². The lowest BCUT2D eigenvalue weighted by molar-refractivity contribution is 0.0697. The largest absolute Gasteiger partial charge is 0.492 e. The zero-order valence-corrected chi connectivity index (χ0v) is 11.6. The van der Waals surface area contributed by atoms with E-state index in [-0.39, 0.29) is 5.56 Å². The predicted molar refractivity (Wildman–Crippen MR) is 77.2 cm³/mol. The van der Waals surface area contributed by atoms with Gasteiger partial charge in [-0.3, -0.25) is 4.98 Å². The molecule has 0 aliphatic heterocycles. The van der Waals surface area contributed by atoms with E-state index in [9.17, 15) is 9.90 Å². The van der Waals surface area contributed by atoms with Crippen molar-refractivity contribution in [3.05, 3.63) is 47.8 Å². The van der Waals surface area contributed by atoms with E-state index in [1.54, 1.807) is 24.5 Å². The zero-order chi connectivity index (χ0) is 14.5. The van der Waals surface area contributed by atoms with Crippen LogP contribution in [0.4, 0.5) is 0 Å². The summed E-state index contributed by atoms with van der Waals surface area (Å²) in [5.41, 5.74) is 2.59. The summed E-state index contributed by atoms with van der Waals surface area (Å²) in [5, 5.41) is 9.31. The van der Waals surface area contributed by atoms with Crippen LogP contribution in [0.1, 0.15) is 29.3 Å². The average molecular weight is 271 g/mol. The van der Waals surface area contributed by atoms with E-state index in [1.165, 1.54) is 0 Å². The number of carbonyl (C=O) groups is 1. The molecule has 0 aliphatic rings. The molecule has 0 spiro atoms. The Bertz CT molecular complexity index is 623. The van der Waals surface area contributed by atoms with E-state index in [1.807, 2.05) is 26.0 Å². The van der Waals surface area contributed by atoms with Gasteiger partial charge in [0.1, 0.15) is 5.75 Å². The number of benzene rings is 1. The Morgan fingerprint density at radius 3 is 2.80 bits per heavy atom. The number of nitrogens with zero attached hydrogens (tertiary/aromatic N) is 1. The number of aryl methyl sites for hydroxylation is 1. The molecule has 0 bridgehead atoms. The van der Waals surface area contributed by atoms with E-state index >= 15 is 0 Å². The van der Waals surface area contributed by atoms with Gasteiger partial charge in [0.15, 0.2) is 0 Å².